The molecule has 0 radical (unpaired) electrons. The van der Waals surface area contributed by atoms with E-state index in [1.807, 2.05) is 0 Å². The molecule has 2 fully saturated rings. The number of nitrogens with zero attached hydrogens (tertiary/aromatic N) is 1. The van der Waals surface area contributed by atoms with Gasteiger partial charge in [-0.05, 0) is 44.1 Å². The molecule has 0 amide bonds. The van der Waals surface area contributed by atoms with Crippen LogP contribution in [0.2, 0.25) is 0 Å². The fourth-order valence-electron chi connectivity index (χ4n) is 4.29. The number of nitrogens with one attached hydrogen (secondary N) is 1. The fraction of sp³-hybridized carbons (Fsp3) is 1.00. The van der Waals surface area contributed by atoms with Gasteiger partial charge in [-0.1, -0.05) is 20.8 Å². The minimum atomic E-state index is -2.81. The Morgan fingerprint density at radius 1 is 1.19 bits per heavy atom. The van der Waals surface area contributed by atoms with Crippen LogP contribution in [-0.2, 0) is 9.84 Å². The Morgan fingerprint density at radius 2 is 1.90 bits per heavy atom. The molecule has 5 unspecified atom stereocenters. The van der Waals surface area contributed by atoms with Gasteiger partial charge in [0, 0.05) is 25.2 Å². The molecule has 0 aromatic rings. The van der Waals surface area contributed by atoms with E-state index in [1.54, 1.807) is 0 Å². The van der Waals surface area contributed by atoms with Crippen LogP contribution in [0, 0.1) is 17.8 Å². The second-order valence-corrected chi connectivity index (χ2v) is 9.57. The van der Waals surface area contributed by atoms with Crippen LogP contribution >= 0.6 is 0 Å². The Kier molecular flexibility index (Phi) is 5.71. The predicted octanol–water partition coefficient (Wildman–Crippen LogP) is 1.77. The first-order valence-corrected chi connectivity index (χ1v) is 10.3. The van der Waals surface area contributed by atoms with Crippen molar-refractivity contribution < 1.29 is 8.42 Å². The highest BCUT2D eigenvalue weighted by molar-refractivity contribution is 7.91. The Balaban J connectivity index is 2.02. The number of rotatable bonds is 4. The van der Waals surface area contributed by atoms with Gasteiger partial charge in [0.25, 0.3) is 0 Å². The van der Waals surface area contributed by atoms with Crippen molar-refractivity contribution in [3.63, 3.8) is 0 Å². The second-order valence-electron chi connectivity index (χ2n) is 7.34. The van der Waals surface area contributed by atoms with Crippen molar-refractivity contribution >= 4 is 9.84 Å². The lowest BCUT2D eigenvalue weighted by atomic mass is 9.72. The quantitative estimate of drug-likeness (QED) is 0.859. The monoisotopic (exact) mass is 316 g/mol. The summed E-state index contributed by atoms with van der Waals surface area (Å²) in [5.41, 5.74) is 0. The van der Waals surface area contributed by atoms with Crippen molar-refractivity contribution in [3.8, 4) is 0 Å². The van der Waals surface area contributed by atoms with Gasteiger partial charge in [0.15, 0.2) is 9.84 Å². The molecular formula is C16H32N2O2S. The summed E-state index contributed by atoms with van der Waals surface area (Å²) < 4.78 is 23.5. The van der Waals surface area contributed by atoms with Gasteiger partial charge in [0.2, 0.25) is 0 Å². The van der Waals surface area contributed by atoms with Gasteiger partial charge >= 0.3 is 0 Å². The van der Waals surface area contributed by atoms with E-state index in [1.165, 1.54) is 12.8 Å². The molecular weight excluding hydrogens is 284 g/mol. The van der Waals surface area contributed by atoms with Gasteiger partial charge in [-0.3, -0.25) is 4.90 Å². The van der Waals surface area contributed by atoms with E-state index in [2.05, 4.69) is 37.9 Å². The third-order valence-electron chi connectivity index (χ3n) is 5.40. The van der Waals surface area contributed by atoms with Gasteiger partial charge in [-0.25, -0.2) is 8.42 Å². The van der Waals surface area contributed by atoms with Crippen LogP contribution in [0.25, 0.3) is 0 Å². The predicted molar refractivity (Wildman–Crippen MR) is 88.2 cm³/mol. The van der Waals surface area contributed by atoms with E-state index in [9.17, 15) is 8.42 Å². The van der Waals surface area contributed by atoms with Crippen LogP contribution in [0.5, 0.6) is 0 Å². The third-order valence-corrected chi connectivity index (χ3v) is 7.19. The van der Waals surface area contributed by atoms with Crippen molar-refractivity contribution in [1.82, 2.24) is 10.2 Å². The Morgan fingerprint density at radius 3 is 2.52 bits per heavy atom. The lowest BCUT2D eigenvalue weighted by Gasteiger charge is -2.44. The standard InChI is InChI=1S/C16H32N2O2S/c1-5-17-16-9-12(2)8-13(3)15(16)10-18-6-7-21(19,20)11-14(18)4/h12-17H,5-11H2,1-4H3. The molecule has 21 heavy (non-hydrogen) atoms. The first kappa shape index (κ1) is 17.2. The lowest BCUT2D eigenvalue weighted by Crippen LogP contribution is -2.54. The summed E-state index contributed by atoms with van der Waals surface area (Å²) >= 11 is 0. The zero-order valence-corrected chi connectivity index (χ0v) is 14.8. The molecule has 1 saturated heterocycles. The van der Waals surface area contributed by atoms with E-state index in [-0.39, 0.29) is 6.04 Å². The molecule has 2 aliphatic rings. The van der Waals surface area contributed by atoms with E-state index in [0.29, 0.717) is 35.9 Å². The number of hydrogen-bond acceptors (Lipinski definition) is 4. The molecule has 124 valence electrons. The van der Waals surface area contributed by atoms with Crippen molar-refractivity contribution in [1.29, 1.82) is 0 Å². The Labute approximate surface area is 130 Å². The number of sulfone groups is 1. The molecule has 0 bridgehead atoms. The summed E-state index contributed by atoms with van der Waals surface area (Å²) in [4.78, 5) is 2.41. The Bertz CT molecular complexity index is 438. The van der Waals surface area contributed by atoms with Crippen molar-refractivity contribution in [2.75, 3.05) is 31.1 Å². The zero-order valence-electron chi connectivity index (χ0n) is 14.0. The summed E-state index contributed by atoms with van der Waals surface area (Å²) in [6, 6.07) is 0.747. The van der Waals surface area contributed by atoms with E-state index in [0.717, 1.165) is 19.0 Å². The molecule has 5 atom stereocenters. The SMILES string of the molecule is CCNC1CC(C)CC(C)C1CN1CCS(=O)(=O)CC1C. The summed E-state index contributed by atoms with van der Waals surface area (Å²) in [5, 5.41) is 3.67. The van der Waals surface area contributed by atoms with Gasteiger partial charge in [0.05, 0.1) is 11.5 Å². The van der Waals surface area contributed by atoms with Gasteiger partial charge < -0.3 is 5.32 Å². The summed E-state index contributed by atoms with van der Waals surface area (Å²) in [5.74, 6) is 2.81. The molecule has 1 aliphatic heterocycles. The van der Waals surface area contributed by atoms with E-state index >= 15 is 0 Å². The minimum Gasteiger partial charge on any atom is -0.314 e. The van der Waals surface area contributed by atoms with Crippen LogP contribution < -0.4 is 5.32 Å². The van der Waals surface area contributed by atoms with Crippen molar-refractivity contribution in [2.24, 2.45) is 17.8 Å². The van der Waals surface area contributed by atoms with Crippen LogP contribution in [0.1, 0.15) is 40.5 Å². The number of hydrogen-bond donors (Lipinski definition) is 1. The normalized spacial score (nSPS) is 41.0. The second kappa shape index (κ2) is 6.97. The fourth-order valence-corrected chi connectivity index (χ4v) is 5.91. The van der Waals surface area contributed by atoms with Gasteiger partial charge in [-0.15, -0.1) is 0 Å². The summed E-state index contributed by atoms with van der Waals surface area (Å²) in [7, 11) is -2.81. The molecule has 5 heteroatoms. The van der Waals surface area contributed by atoms with E-state index < -0.39 is 9.84 Å². The smallest absolute Gasteiger partial charge is 0.153 e. The summed E-state index contributed by atoms with van der Waals surface area (Å²) in [6.07, 6.45) is 2.55. The molecule has 2 rings (SSSR count). The van der Waals surface area contributed by atoms with Crippen LogP contribution in [0.15, 0.2) is 0 Å². The van der Waals surface area contributed by atoms with Crippen molar-refractivity contribution in [2.45, 2.75) is 52.6 Å². The first-order valence-electron chi connectivity index (χ1n) is 8.50. The highest BCUT2D eigenvalue weighted by Crippen LogP contribution is 2.35. The maximum absolute atomic E-state index is 11.7. The topological polar surface area (TPSA) is 49.4 Å². The van der Waals surface area contributed by atoms with Gasteiger partial charge in [-0.2, -0.15) is 0 Å². The van der Waals surface area contributed by atoms with Crippen LogP contribution in [-0.4, -0.2) is 56.5 Å². The highest BCUT2D eigenvalue weighted by atomic mass is 32.2. The molecule has 0 aromatic heterocycles. The lowest BCUT2D eigenvalue weighted by molar-refractivity contribution is 0.0893. The van der Waals surface area contributed by atoms with Gasteiger partial charge in [0.1, 0.15) is 0 Å². The minimum absolute atomic E-state index is 0.164. The molecule has 1 saturated carbocycles. The zero-order chi connectivity index (χ0) is 15.6. The molecule has 4 nitrogen and oxygen atoms in total. The maximum Gasteiger partial charge on any atom is 0.153 e. The van der Waals surface area contributed by atoms with Crippen molar-refractivity contribution in [3.05, 3.63) is 0 Å². The molecule has 0 spiro atoms. The first-order chi connectivity index (χ1) is 9.82. The molecule has 1 heterocycles. The van der Waals surface area contributed by atoms with Crippen LogP contribution in [0.4, 0.5) is 0 Å². The average molecular weight is 317 g/mol. The molecule has 0 aromatic carbocycles. The summed E-state index contributed by atoms with van der Waals surface area (Å²) in [6.45, 7) is 11.7. The molecule has 1 aliphatic carbocycles. The largest absolute Gasteiger partial charge is 0.314 e. The molecule has 1 N–H and O–H groups in total. The maximum atomic E-state index is 11.7. The third kappa shape index (κ3) is 4.42. The van der Waals surface area contributed by atoms with Crippen LogP contribution in [0.3, 0.4) is 0 Å². The Hall–Kier alpha value is -0.130. The highest BCUT2D eigenvalue weighted by Gasteiger charge is 2.37. The van der Waals surface area contributed by atoms with E-state index in [4.69, 9.17) is 0 Å². The average Bonchev–Trinajstić information content (AvgIpc) is 2.35.